The first kappa shape index (κ1) is 16.1. The molecule has 5 heteroatoms. The van der Waals surface area contributed by atoms with E-state index in [1.54, 1.807) is 0 Å². The van der Waals surface area contributed by atoms with Crippen LogP contribution in [0.15, 0.2) is 66.9 Å². The van der Waals surface area contributed by atoms with Gasteiger partial charge in [-0.2, -0.15) is 0 Å². The number of hydrogen-bond donors (Lipinski definition) is 1. The van der Waals surface area contributed by atoms with Crippen molar-refractivity contribution in [2.24, 2.45) is 0 Å². The average Bonchev–Trinajstić information content (AvgIpc) is 3.33. The molecule has 1 aromatic heterocycles. The molecule has 0 saturated carbocycles. The Bertz CT molecular complexity index is 996. The zero-order valence-electron chi connectivity index (χ0n) is 14.8. The minimum Gasteiger partial charge on any atom is -0.480 e. The van der Waals surface area contributed by atoms with Crippen molar-refractivity contribution in [2.75, 3.05) is 5.06 Å². The van der Waals surface area contributed by atoms with Crippen LogP contribution in [0.1, 0.15) is 23.8 Å². The molecule has 1 aliphatic carbocycles. The Morgan fingerprint density at radius 1 is 0.963 bits per heavy atom. The number of anilines is 1. The minimum absolute atomic E-state index is 0.346. The molecule has 0 bridgehead atoms. The van der Waals surface area contributed by atoms with E-state index in [0.29, 0.717) is 6.42 Å². The van der Waals surface area contributed by atoms with Crippen molar-refractivity contribution in [2.45, 2.75) is 31.5 Å². The van der Waals surface area contributed by atoms with Gasteiger partial charge >= 0.3 is 5.97 Å². The molecule has 136 valence electrons. The molecule has 0 radical (unpaired) electrons. The van der Waals surface area contributed by atoms with Crippen LogP contribution in [-0.4, -0.2) is 21.7 Å². The van der Waals surface area contributed by atoms with Crippen molar-refractivity contribution in [3.05, 3.63) is 78.0 Å². The molecular weight excluding hydrogens is 340 g/mol. The molecule has 1 saturated heterocycles. The van der Waals surface area contributed by atoms with Gasteiger partial charge in [0.1, 0.15) is 0 Å². The summed E-state index contributed by atoms with van der Waals surface area (Å²) in [4.78, 5) is 18.0. The molecule has 2 atom stereocenters. The van der Waals surface area contributed by atoms with Crippen molar-refractivity contribution in [1.29, 1.82) is 0 Å². The second-order valence-electron chi connectivity index (χ2n) is 7.07. The summed E-state index contributed by atoms with van der Waals surface area (Å²) < 4.78 is 2.10. The maximum atomic E-state index is 11.9. The molecule has 1 aliphatic heterocycles. The number of carbonyl (C=O) groups is 1. The monoisotopic (exact) mass is 360 g/mol. The molecule has 27 heavy (non-hydrogen) atoms. The number of carboxylic acid groups (broad SMARTS) is 1. The van der Waals surface area contributed by atoms with Crippen LogP contribution in [0.4, 0.5) is 5.69 Å². The molecule has 3 aromatic rings. The lowest BCUT2D eigenvalue weighted by molar-refractivity contribution is -0.139. The number of nitrogens with zero attached hydrogens (tertiary/aromatic N) is 2. The standard InChI is InChI=1S/C22H20N2O3/c25-22(26)19-14-20(27-24(19)17-7-2-1-3-8-17)23-13-12-16-11-10-15-6-4-5-9-18(15)21(16)23/h1-9,12-13,19-20H,10-11,14H2,(H,25,26). The third kappa shape index (κ3) is 2.62. The van der Waals surface area contributed by atoms with Gasteiger partial charge in [0, 0.05) is 18.2 Å². The Morgan fingerprint density at radius 3 is 2.52 bits per heavy atom. The van der Waals surface area contributed by atoms with Crippen molar-refractivity contribution >= 4 is 11.7 Å². The molecule has 2 aliphatic rings. The van der Waals surface area contributed by atoms with Gasteiger partial charge in [-0.05, 0) is 42.2 Å². The zero-order valence-corrected chi connectivity index (χ0v) is 14.8. The number of aryl methyl sites for hydroxylation is 2. The summed E-state index contributed by atoms with van der Waals surface area (Å²) in [5, 5.41) is 11.3. The van der Waals surface area contributed by atoms with Crippen molar-refractivity contribution < 1.29 is 14.7 Å². The lowest BCUT2D eigenvalue weighted by Gasteiger charge is -2.24. The van der Waals surface area contributed by atoms with E-state index in [0.717, 1.165) is 24.2 Å². The van der Waals surface area contributed by atoms with E-state index in [9.17, 15) is 9.90 Å². The lowest BCUT2D eigenvalue weighted by Crippen LogP contribution is -2.34. The number of fused-ring (bicyclic) bond motifs is 3. The predicted octanol–water partition coefficient (Wildman–Crippen LogP) is 4.05. The Balaban J connectivity index is 1.54. The Labute approximate surface area is 157 Å². The molecule has 1 N–H and O–H groups in total. The average molecular weight is 360 g/mol. The van der Waals surface area contributed by atoms with Gasteiger partial charge in [0.15, 0.2) is 12.3 Å². The van der Waals surface area contributed by atoms with Crippen LogP contribution in [0.2, 0.25) is 0 Å². The molecule has 2 unspecified atom stereocenters. The van der Waals surface area contributed by atoms with Crippen molar-refractivity contribution in [1.82, 2.24) is 4.57 Å². The fourth-order valence-corrected chi connectivity index (χ4v) is 4.20. The van der Waals surface area contributed by atoms with E-state index < -0.39 is 12.0 Å². The number of hydroxylamine groups is 1. The van der Waals surface area contributed by atoms with E-state index >= 15 is 0 Å². The summed E-state index contributed by atoms with van der Waals surface area (Å²) in [6, 6.07) is 19.3. The maximum Gasteiger partial charge on any atom is 0.329 e. The molecule has 0 amide bonds. The Kier molecular flexibility index (Phi) is 3.76. The third-order valence-corrected chi connectivity index (χ3v) is 5.48. The molecule has 2 aromatic carbocycles. The predicted molar refractivity (Wildman–Crippen MR) is 102 cm³/mol. The first-order valence-corrected chi connectivity index (χ1v) is 9.24. The quantitative estimate of drug-likeness (QED) is 0.766. The summed E-state index contributed by atoms with van der Waals surface area (Å²) in [5.74, 6) is -0.872. The Hall–Kier alpha value is -3.05. The molecular formula is C22H20N2O3. The summed E-state index contributed by atoms with van der Waals surface area (Å²) >= 11 is 0. The number of para-hydroxylation sites is 1. The summed E-state index contributed by atoms with van der Waals surface area (Å²) in [6.07, 6.45) is 4.11. The molecule has 0 spiro atoms. The van der Waals surface area contributed by atoms with Crippen LogP contribution in [0, 0.1) is 0 Å². The largest absolute Gasteiger partial charge is 0.480 e. The van der Waals surface area contributed by atoms with Crippen LogP contribution in [0.3, 0.4) is 0 Å². The summed E-state index contributed by atoms with van der Waals surface area (Å²) in [6.45, 7) is 0. The van der Waals surface area contributed by atoms with Crippen LogP contribution >= 0.6 is 0 Å². The maximum absolute atomic E-state index is 11.9. The zero-order chi connectivity index (χ0) is 18.4. The number of hydrogen-bond acceptors (Lipinski definition) is 3. The van der Waals surface area contributed by atoms with Gasteiger partial charge in [0.2, 0.25) is 0 Å². The molecule has 5 rings (SSSR count). The first-order valence-electron chi connectivity index (χ1n) is 9.24. The van der Waals surface area contributed by atoms with Crippen molar-refractivity contribution in [3.8, 4) is 11.3 Å². The third-order valence-electron chi connectivity index (χ3n) is 5.48. The van der Waals surface area contributed by atoms with Gasteiger partial charge in [-0.1, -0.05) is 42.5 Å². The normalized spacial score (nSPS) is 21.0. The van der Waals surface area contributed by atoms with Crippen LogP contribution < -0.4 is 5.06 Å². The fraction of sp³-hybridized carbons (Fsp3) is 0.227. The topological polar surface area (TPSA) is 54.7 Å². The first-order chi connectivity index (χ1) is 13.2. The highest BCUT2D eigenvalue weighted by Crippen LogP contribution is 2.40. The fourth-order valence-electron chi connectivity index (χ4n) is 4.20. The Morgan fingerprint density at radius 2 is 1.70 bits per heavy atom. The summed E-state index contributed by atoms with van der Waals surface area (Å²) in [7, 11) is 0. The van der Waals surface area contributed by atoms with E-state index in [4.69, 9.17) is 4.84 Å². The van der Waals surface area contributed by atoms with Crippen LogP contribution in [0.5, 0.6) is 0 Å². The van der Waals surface area contributed by atoms with E-state index in [1.165, 1.54) is 21.8 Å². The highest BCUT2D eigenvalue weighted by Gasteiger charge is 2.40. The number of benzene rings is 2. The van der Waals surface area contributed by atoms with Crippen LogP contribution in [-0.2, 0) is 22.5 Å². The number of aromatic nitrogens is 1. The van der Waals surface area contributed by atoms with Gasteiger partial charge in [0.05, 0.1) is 11.4 Å². The molecule has 5 nitrogen and oxygen atoms in total. The van der Waals surface area contributed by atoms with Gasteiger partial charge < -0.3 is 9.67 Å². The number of aliphatic carboxylic acids is 1. The van der Waals surface area contributed by atoms with Gasteiger partial charge in [-0.15, -0.1) is 0 Å². The highest BCUT2D eigenvalue weighted by molar-refractivity contribution is 5.78. The smallest absolute Gasteiger partial charge is 0.329 e. The second-order valence-corrected chi connectivity index (χ2v) is 7.07. The lowest BCUT2D eigenvalue weighted by atomic mass is 9.90. The molecule has 1 fully saturated rings. The number of carboxylic acids is 1. The van der Waals surface area contributed by atoms with E-state index in [-0.39, 0.29) is 6.23 Å². The minimum atomic E-state index is -0.872. The van der Waals surface area contributed by atoms with Gasteiger partial charge in [-0.25, -0.2) is 14.7 Å². The second kappa shape index (κ2) is 6.28. The van der Waals surface area contributed by atoms with E-state index in [2.05, 4.69) is 34.9 Å². The summed E-state index contributed by atoms with van der Waals surface area (Å²) in [5.41, 5.74) is 5.76. The molecule has 2 heterocycles. The van der Waals surface area contributed by atoms with Crippen LogP contribution in [0.25, 0.3) is 11.3 Å². The number of rotatable bonds is 3. The van der Waals surface area contributed by atoms with E-state index in [1.807, 2.05) is 36.5 Å². The SMILES string of the molecule is O=C(O)C1CC(n2ccc3c2-c2ccccc2CC3)ON1c1ccccc1. The van der Waals surface area contributed by atoms with Gasteiger partial charge in [-0.3, -0.25) is 0 Å². The van der Waals surface area contributed by atoms with Crippen molar-refractivity contribution in [3.63, 3.8) is 0 Å². The van der Waals surface area contributed by atoms with Gasteiger partial charge in [0.25, 0.3) is 0 Å². The highest BCUT2D eigenvalue weighted by atomic mass is 16.7.